The Balaban J connectivity index is 1.71. The Morgan fingerprint density at radius 3 is 2.96 bits per heavy atom. The largest absolute Gasteiger partial charge is 0.470 e. The van der Waals surface area contributed by atoms with Gasteiger partial charge in [0.2, 0.25) is 0 Å². The van der Waals surface area contributed by atoms with Crippen LogP contribution in [0, 0.1) is 5.82 Å². The van der Waals surface area contributed by atoms with Crippen LogP contribution in [-0.2, 0) is 0 Å². The van der Waals surface area contributed by atoms with Crippen LogP contribution >= 0.6 is 0 Å². The predicted molar refractivity (Wildman–Crippen MR) is 89.7 cm³/mol. The van der Waals surface area contributed by atoms with E-state index in [4.69, 9.17) is 4.74 Å². The van der Waals surface area contributed by atoms with Crippen molar-refractivity contribution >= 4 is 11.6 Å². The van der Waals surface area contributed by atoms with Gasteiger partial charge in [0.25, 0.3) is 11.8 Å². The van der Waals surface area contributed by atoms with Crippen LogP contribution in [0.4, 0.5) is 10.1 Å². The maximum atomic E-state index is 13.7. The van der Waals surface area contributed by atoms with Gasteiger partial charge in [0.1, 0.15) is 6.10 Å². The summed E-state index contributed by atoms with van der Waals surface area (Å²) in [7, 11) is 1.79. The van der Waals surface area contributed by atoms with Crippen molar-refractivity contribution in [3.05, 3.63) is 54.0 Å². The maximum Gasteiger partial charge on any atom is 0.256 e. The molecule has 24 heavy (non-hydrogen) atoms. The summed E-state index contributed by atoms with van der Waals surface area (Å²) in [6, 6.07) is 10.2. The molecule has 1 aliphatic rings. The highest BCUT2D eigenvalue weighted by molar-refractivity contribution is 5.99. The molecular formula is C18H20FN3O2. The smallest absolute Gasteiger partial charge is 0.256 e. The molecule has 2 aromatic rings. The Morgan fingerprint density at radius 2 is 2.17 bits per heavy atom. The second kappa shape index (κ2) is 7.29. The number of benzene rings is 1. The molecular weight excluding hydrogens is 309 g/mol. The van der Waals surface area contributed by atoms with Gasteiger partial charge >= 0.3 is 0 Å². The fourth-order valence-electron chi connectivity index (χ4n) is 2.89. The van der Waals surface area contributed by atoms with Gasteiger partial charge in [-0.25, -0.2) is 9.37 Å². The van der Waals surface area contributed by atoms with E-state index >= 15 is 0 Å². The van der Waals surface area contributed by atoms with E-state index in [0.29, 0.717) is 18.7 Å². The topological polar surface area (TPSA) is 54.5 Å². The first-order valence-corrected chi connectivity index (χ1v) is 8.02. The van der Waals surface area contributed by atoms with Crippen LogP contribution in [0.2, 0.25) is 0 Å². The van der Waals surface area contributed by atoms with Crippen LogP contribution in [0.3, 0.4) is 0 Å². The molecule has 0 spiro atoms. The van der Waals surface area contributed by atoms with E-state index in [1.165, 1.54) is 18.3 Å². The molecule has 0 radical (unpaired) electrons. The average Bonchev–Trinajstić information content (AvgIpc) is 2.63. The van der Waals surface area contributed by atoms with Crippen LogP contribution in [0.1, 0.15) is 23.2 Å². The van der Waals surface area contributed by atoms with E-state index in [2.05, 4.69) is 10.3 Å². The van der Waals surface area contributed by atoms with Crippen LogP contribution in [-0.4, -0.2) is 42.0 Å². The number of para-hydroxylation sites is 1. The molecule has 1 aliphatic heterocycles. The lowest BCUT2D eigenvalue weighted by atomic mass is 10.1. The van der Waals surface area contributed by atoms with E-state index in [1.54, 1.807) is 18.0 Å². The number of rotatable bonds is 4. The normalized spacial score (nSPS) is 17.4. The highest BCUT2D eigenvalue weighted by atomic mass is 19.1. The summed E-state index contributed by atoms with van der Waals surface area (Å²) in [5, 5.41) is 3.04. The third-order valence-electron chi connectivity index (χ3n) is 4.10. The molecule has 1 aromatic heterocycles. The zero-order valence-corrected chi connectivity index (χ0v) is 13.5. The first kappa shape index (κ1) is 16.2. The number of hydrogen-bond acceptors (Lipinski definition) is 4. The Labute approximate surface area is 140 Å². The summed E-state index contributed by atoms with van der Waals surface area (Å²) in [6.07, 6.45) is 2.82. The lowest BCUT2D eigenvalue weighted by molar-refractivity contribution is 0.0519. The molecule has 6 heteroatoms. The minimum absolute atomic E-state index is 0.00701. The molecule has 1 fully saturated rings. The minimum Gasteiger partial charge on any atom is -0.470 e. The Hall–Kier alpha value is -2.63. The van der Waals surface area contributed by atoms with Gasteiger partial charge in [0, 0.05) is 25.5 Å². The monoisotopic (exact) mass is 329 g/mol. The number of ether oxygens (including phenoxy) is 1. The van der Waals surface area contributed by atoms with Gasteiger partial charge in [-0.1, -0.05) is 12.1 Å². The van der Waals surface area contributed by atoms with E-state index < -0.39 is 5.82 Å². The van der Waals surface area contributed by atoms with Crippen molar-refractivity contribution in [3.63, 3.8) is 0 Å². The number of carbonyl (C=O) groups excluding carboxylic acids is 1. The van der Waals surface area contributed by atoms with Crippen LogP contribution in [0.5, 0.6) is 5.88 Å². The fraction of sp³-hybridized carbons (Fsp3) is 0.333. The van der Waals surface area contributed by atoms with Crippen molar-refractivity contribution in [2.24, 2.45) is 0 Å². The number of nitrogens with zero attached hydrogens (tertiary/aromatic N) is 2. The SMILES string of the molecule is CNc1ccccc1C(=O)N1CCCC(Oc2ncccc2F)C1. The number of pyridine rings is 1. The summed E-state index contributed by atoms with van der Waals surface area (Å²) in [5.74, 6) is -0.538. The maximum absolute atomic E-state index is 13.7. The Morgan fingerprint density at radius 1 is 1.33 bits per heavy atom. The molecule has 1 atom stereocenters. The molecule has 0 bridgehead atoms. The molecule has 1 aromatic carbocycles. The second-order valence-corrected chi connectivity index (χ2v) is 5.72. The number of hydrogen-bond donors (Lipinski definition) is 1. The number of nitrogens with one attached hydrogen (secondary N) is 1. The second-order valence-electron chi connectivity index (χ2n) is 5.72. The average molecular weight is 329 g/mol. The Kier molecular flexibility index (Phi) is 4.93. The third-order valence-corrected chi connectivity index (χ3v) is 4.10. The first-order chi connectivity index (χ1) is 11.7. The van der Waals surface area contributed by atoms with Gasteiger partial charge in [0.05, 0.1) is 12.1 Å². The van der Waals surface area contributed by atoms with Crippen molar-refractivity contribution < 1.29 is 13.9 Å². The van der Waals surface area contributed by atoms with Gasteiger partial charge in [-0.05, 0) is 37.1 Å². The number of likely N-dealkylation sites (tertiary alicyclic amines) is 1. The van der Waals surface area contributed by atoms with E-state index in [9.17, 15) is 9.18 Å². The molecule has 0 aliphatic carbocycles. The molecule has 3 rings (SSSR count). The van der Waals surface area contributed by atoms with Gasteiger partial charge in [-0.15, -0.1) is 0 Å². The number of aromatic nitrogens is 1. The highest BCUT2D eigenvalue weighted by Gasteiger charge is 2.27. The lowest BCUT2D eigenvalue weighted by Crippen LogP contribution is -2.44. The number of piperidine rings is 1. The van der Waals surface area contributed by atoms with E-state index in [1.807, 2.05) is 18.2 Å². The Bertz CT molecular complexity index is 723. The molecule has 1 N–H and O–H groups in total. The summed E-state index contributed by atoms with van der Waals surface area (Å²) in [5.41, 5.74) is 1.42. The molecule has 1 amide bonds. The molecule has 0 saturated carbocycles. The van der Waals surface area contributed by atoms with Crippen LogP contribution in [0.25, 0.3) is 0 Å². The van der Waals surface area contributed by atoms with Crippen molar-refractivity contribution in [2.75, 3.05) is 25.5 Å². The fourth-order valence-corrected chi connectivity index (χ4v) is 2.89. The number of anilines is 1. The van der Waals surface area contributed by atoms with Gasteiger partial charge in [0.15, 0.2) is 5.82 Å². The molecule has 1 unspecified atom stereocenters. The predicted octanol–water partition coefficient (Wildman–Crippen LogP) is 2.95. The van der Waals surface area contributed by atoms with Gasteiger partial charge in [-0.3, -0.25) is 4.79 Å². The minimum atomic E-state index is -0.485. The van der Waals surface area contributed by atoms with Crippen molar-refractivity contribution in [3.8, 4) is 5.88 Å². The van der Waals surface area contributed by atoms with Crippen molar-refractivity contribution in [1.82, 2.24) is 9.88 Å². The van der Waals surface area contributed by atoms with Gasteiger partial charge < -0.3 is 15.0 Å². The van der Waals surface area contributed by atoms with E-state index in [0.717, 1.165) is 18.5 Å². The zero-order chi connectivity index (χ0) is 16.9. The molecule has 1 saturated heterocycles. The number of amides is 1. The number of carbonyl (C=O) groups is 1. The van der Waals surface area contributed by atoms with Crippen LogP contribution < -0.4 is 10.1 Å². The van der Waals surface area contributed by atoms with Crippen LogP contribution in [0.15, 0.2) is 42.6 Å². The van der Waals surface area contributed by atoms with Crippen molar-refractivity contribution in [2.45, 2.75) is 18.9 Å². The quantitative estimate of drug-likeness (QED) is 0.937. The summed E-state index contributed by atoms with van der Waals surface area (Å²) >= 11 is 0. The summed E-state index contributed by atoms with van der Waals surface area (Å²) in [4.78, 5) is 18.5. The molecule has 2 heterocycles. The first-order valence-electron chi connectivity index (χ1n) is 8.02. The summed E-state index contributed by atoms with van der Waals surface area (Å²) in [6.45, 7) is 1.09. The van der Waals surface area contributed by atoms with E-state index in [-0.39, 0.29) is 17.9 Å². The standard InChI is InChI=1S/C18H20FN3O2/c1-20-16-9-3-2-7-14(16)18(23)22-11-5-6-13(12-22)24-17-15(19)8-4-10-21-17/h2-4,7-10,13,20H,5-6,11-12H2,1H3. The van der Waals surface area contributed by atoms with Gasteiger partial charge in [-0.2, -0.15) is 0 Å². The lowest BCUT2D eigenvalue weighted by Gasteiger charge is -2.33. The van der Waals surface area contributed by atoms with Crippen molar-refractivity contribution in [1.29, 1.82) is 0 Å². The number of halogens is 1. The molecule has 126 valence electrons. The third kappa shape index (κ3) is 3.48. The zero-order valence-electron chi connectivity index (χ0n) is 13.5. The highest BCUT2D eigenvalue weighted by Crippen LogP contribution is 2.22. The summed E-state index contributed by atoms with van der Waals surface area (Å²) < 4.78 is 19.4. The molecule has 5 nitrogen and oxygen atoms in total.